The summed E-state index contributed by atoms with van der Waals surface area (Å²) in [5, 5.41) is 0. The Hall–Kier alpha value is -2.62. The first-order chi connectivity index (χ1) is 13.7. The van der Waals surface area contributed by atoms with E-state index in [9.17, 15) is 9.59 Å². The molecule has 2 atom stereocenters. The van der Waals surface area contributed by atoms with Gasteiger partial charge in [-0.3, -0.25) is 9.59 Å². The molecule has 2 fully saturated rings. The Morgan fingerprint density at radius 2 is 1.54 bits per heavy atom. The number of amides is 1. The Morgan fingerprint density at radius 3 is 2.32 bits per heavy atom. The number of benzene rings is 2. The fourth-order valence-corrected chi connectivity index (χ4v) is 4.62. The Kier molecular flexibility index (Phi) is 5.75. The van der Waals surface area contributed by atoms with Crippen molar-refractivity contribution in [1.82, 2.24) is 4.90 Å². The van der Waals surface area contributed by atoms with Crippen LogP contribution in [-0.4, -0.2) is 35.8 Å². The number of likely N-dealkylation sites (tertiary alicyclic amines) is 1. The predicted octanol–water partition coefficient (Wildman–Crippen LogP) is 4.48. The van der Waals surface area contributed by atoms with Crippen molar-refractivity contribution in [3.63, 3.8) is 0 Å². The second-order valence-electron chi connectivity index (χ2n) is 7.85. The lowest BCUT2D eigenvalue weighted by molar-refractivity contribution is -0.139. The molecule has 0 unspecified atom stereocenters. The molecular weight excluding hydrogens is 350 g/mol. The van der Waals surface area contributed by atoms with Crippen LogP contribution in [0.25, 0.3) is 0 Å². The minimum absolute atomic E-state index is 0.0140. The lowest BCUT2D eigenvalue weighted by atomic mass is 9.78. The van der Waals surface area contributed by atoms with E-state index in [0.29, 0.717) is 28.8 Å². The normalized spacial score (nSPS) is 21.6. The second-order valence-corrected chi connectivity index (χ2v) is 7.85. The monoisotopic (exact) mass is 377 g/mol. The maximum atomic E-state index is 12.7. The van der Waals surface area contributed by atoms with Gasteiger partial charge in [0.25, 0.3) is 5.91 Å². The SMILES string of the molecule is O=C(c1ccccc1)c1ccc(OCC(=O)N2CCC[C@H]3CCCC[C@H]32)cc1. The minimum atomic E-state index is -0.0140. The first-order valence-electron chi connectivity index (χ1n) is 10.3. The van der Waals surface area contributed by atoms with Gasteiger partial charge in [-0.05, 0) is 55.9 Å². The third-order valence-corrected chi connectivity index (χ3v) is 6.08. The van der Waals surface area contributed by atoms with Crippen molar-refractivity contribution in [3.8, 4) is 5.75 Å². The molecule has 146 valence electrons. The van der Waals surface area contributed by atoms with Crippen molar-refractivity contribution < 1.29 is 14.3 Å². The van der Waals surface area contributed by atoms with Crippen molar-refractivity contribution in [2.45, 2.75) is 44.6 Å². The van der Waals surface area contributed by atoms with Gasteiger partial charge >= 0.3 is 0 Å². The van der Waals surface area contributed by atoms with Gasteiger partial charge in [-0.15, -0.1) is 0 Å². The maximum absolute atomic E-state index is 12.7. The van der Waals surface area contributed by atoms with E-state index < -0.39 is 0 Å². The van der Waals surface area contributed by atoms with Gasteiger partial charge in [-0.1, -0.05) is 43.2 Å². The molecule has 2 aliphatic rings. The van der Waals surface area contributed by atoms with Crippen LogP contribution in [0.15, 0.2) is 54.6 Å². The van der Waals surface area contributed by atoms with Gasteiger partial charge in [0.15, 0.2) is 12.4 Å². The van der Waals surface area contributed by atoms with Crippen LogP contribution in [0, 0.1) is 5.92 Å². The smallest absolute Gasteiger partial charge is 0.260 e. The summed E-state index contributed by atoms with van der Waals surface area (Å²) >= 11 is 0. The maximum Gasteiger partial charge on any atom is 0.260 e. The zero-order valence-electron chi connectivity index (χ0n) is 16.2. The highest BCUT2D eigenvalue weighted by molar-refractivity contribution is 6.08. The summed E-state index contributed by atoms with van der Waals surface area (Å²) in [6.07, 6.45) is 7.27. The minimum Gasteiger partial charge on any atom is -0.484 e. The Morgan fingerprint density at radius 1 is 0.857 bits per heavy atom. The van der Waals surface area contributed by atoms with Crippen LogP contribution in [0.2, 0.25) is 0 Å². The van der Waals surface area contributed by atoms with Crippen LogP contribution in [0.1, 0.15) is 54.4 Å². The highest BCUT2D eigenvalue weighted by Gasteiger charge is 2.35. The molecule has 4 nitrogen and oxygen atoms in total. The highest BCUT2D eigenvalue weighted by atomic mass is 16.5. The van der Waals surface area contributed by atoms with Crippen LogP contribution in [0.5, 0.6) is 5.75 Å². The Bertz CT molecular complexity index is 814. The molecule has 2 aromatic carbocycles. The zero-order valence-corrected chi connectivity index (χ0v) is 16.2. The Balaban J connectivity index is 1.34. The van der Waals surface area contributed by atoms with Crippen LogP contribution in [-0.2, 0) is 4.79 Å². The third kappa shape index (κ3) is 4.11. The number of hydrogen-bond donors (Lipinski definition) is 0. The van der Waals surface area contributed by atoms with Crippen molar-refractivity contribution in [2.75, 3.05) is 13.2 Å². The molecule has 2 aromatic rings. The fourth-order valence-electron chi connectivity index (χ4n) is 4.62. The molecule has 1 saturated carbocycles. The van der Waals surface area contributed by atoms with E-state index in [1.807, 2.05) is 30.3 Å². The van der Waals surface area contributed by atoms with Crippen LogP contribution in [0.4, 0.5) is 0 Å². The molecule has 4 rings (SSSR count). The van der Waals surface area contributed by atoms with E-state index in [4.69, 9.17) is 4.74 Å². The molecule has 0 N–H and O–H groups in total. The first kappa shape index (κ1) is 18.7. The summed E-state index contributed by atoms with van der Waals surface area (Å²) in [4.78, 5) is 27.3. The van der Waals surface area contributed by atoms with Crippen molar-refractivity contribution in [1.29, 1.82) is 0 Å². The fraction of sp³-hybridized carbons (Fsp3) is 0.417. The molecule has 1 aliphatic heterocycles. The van der Waals surface area contributed by atoms with Crippen molar-refractivity contribution in [3.05, 3.63) is 65.7 Å². The van der Waals surface area contributed by atoms with Gasteiger partial charge in [-0.2, -0.15) is 0 Å². The molecule has 1 amide bonds. The summed E-state index contributed by atoms with van der Waals surface area (Å²) < 4.78 is 5.74. The Labute approximate surface area is 166 Å². The summed E-state index contributed by atoms with van der Waals surface area (Å²) in [6, 6.07) is 16.7. The predicted molar refractivity (Wildman–Crippen MR) is 109 cm³/mol. The molecule has 1 heterocycles. The number of carbonyl (C=O) groups excluding carboxylic acids is 2. The van der Waals surface area contributed by atoms with E-state index >= 15 is 0 Å². The number of hydrogen-bond acceptors (Lipinski definition) is 3. The molecule has 1 saturated heterocycles. The molecule has 0 bridgehead atoms. The largest absolute Gasteiger partial charge is 0.484 e. The number of rotatable bonds is 5. The summed E-state index contributed by atoms with van der Waals surface area (Å²) in [7, 11) is 0. The molecular formula is C24H27NO3. The molecule has 0 spiro atoms. The zero-order chi connectivity index (χ0) is 19.3. The average Bonchev–Trinajstić information content (AvgIpc) is 2.77. The van der Waals surface area contributed by atoms with E-state index in [1.165, 1.54) is 25.7 Å². The van der Waals surface area contributed by atoms with Crippen LogP contribution in [0.3, 0.4) is 0 Å². The van der Waals surface area contributed by atoms with E-state index in [1.54, 1.807) is 24.3 Å². The molecule has 1 aliphatic carbocycles. The van der Waals surface area contributed by atoms with Crippen LogP contribution >= 0.6 is 0 Å². The van der Waals surface area contributed by atoms with E-state index in [0.717, 1.165) is 19.4 Å². The topological polar surface area (TPSA) is 46.6 Å². The number of ketones is 1. The van der Waals surface area contributed by atoms with Gasteiger partial charge in [0.1, 0.15) is 5.75 Å². The van der Waals surface area contributed by atoms with Gasteiger partial charge in [-0.25, -0.2) is 0 Å². The number of ether oxygens (including phenoxy) is 1. The lowest BCUT2D eigenvalue weighted by Gasteiger charge is -2.44. The number of piperidine rings is 1. The number of nitrogens with zero attached hydrogens (tertiary/aromatic N) is 1. The summed E-state index contributed by atoms with van der Waals surface area (Å²) in [5.74, 6) is 1.37. The standard InChI is InChI=1S/C24H27NO3/c26-23(25-16-6-10-18-7-4-5-11-22(18)25)17-28-21-14-12-20(13-15-21)24(27)19-8-2-1-3-9-19/h1-3,8-9,12-15,18,22H,4-7,10-11,16-17H2/t18-,22-/m1/s1. The molecule has 28 heavy (non-hydrogen) atoms. The van der Waals surface area contributed by atoms with Gasteiger partial charge in [0.2, 0.25) is 0 Å². The van der Waals surface area contributed by atoms with Crippen molar-refractivity contribution >= 4 is 11.7 Å². The molecule has 0 aromatic heterocycles. The van der Waals surface area contributed by atoms with Gasteiger partial charge in [0, 0.05) is 23.7 Å². The first-order valence-corrected chi connectivity index (χ1v) is 10.3. The van der Waals surface area contributed by atoms with Gasteiger partial charge < -0.3 is 9.64 Å². The average molecular weight is 377 g/mol. The lowest BCUT2D eigenvalue weighted by Crippen LogP contribution is -2.51. The quantitative estimate of drug-likeness (QED) is 0.722. The van der Waals surface area contributed by atoms with E-state index in [-0.39, 0.29) is 18.3 Å². The highest BCUT2D eigenvalue weighted by Crippen LogP contribution is 2.35. The van der Waals surface area contributed by atoms with Crippen molar-refractivity contribution in [2.24, 2.45) is 5.92 Å². The number of carbonyl (C=O) groups is 2. The second kappa shape index (κ2) is 8.59. The summed E-state index contributed by atoms with van der Waals surface area (Å²) in [6.45, 7) is 0.920. The summed E-state index contributed by atoms with van der Waals surface area (Å²) in [5.41, 5.74) is 1.28. The number of fused-ring (bicyclic) bond motifs is 1. The molecule has 0 radical (unpaired) electrons. The van der Waals surface area contributed by atoms with E-state index in [2.05, 4.69) is 4.90 Å². The van der Waals surface area contributed by atoms with Crippen LogP contribution < -0.4 is 4.74 Å². The third-order valence-electron chi connectivity index (χ3n) is 6.08. The molecule has 4 heteroatoms. The van der Waals surface area contributed by atoms with Gasteiger partial charge in [0.05, 0.1) is 0 Å².